The Bertz CT molecular complexity index is 129. The van der Waals surface area contributed by atoms with Crippen molar-refractivity contribution in [2.45, 2.75) is 13.1 Å². The molecule has 8 heavy (non-hydrogen) atoms. The van der Waals surface area contributed by atoms with E-state index in [4.69, 9.17) is 0 Å². The predicted octanol–water partition coefficient (Wildman–Crippen LogP) is 2.09. The number of thiocarbonyl (C=S) groups is 1. The van der Waals surface area contributed by atoms with Gasteiger partial charge in [0.25, 0.3) is 0 Å². The first-order valence-corrected chi connectivity index (χ1v) is 2.18. The van der Waals surface area contributed by atoms with Gasteiger partial charge in [0.2, 0.25) is 0 Å². The summed E-state index contributed by atoms with van der Waals surface area (Å²) >= 11 is 3.92. The van der Waals surface area contributed by atoms with Crippen molar-refractivity contribution in [3.05, 3.63) is 5.57 Å². The van der Waals surface area contributed by atoms with Gasteiger partial charge in [-0.05, 0) is 24.2 Å². The Kier molecular flexibility index (Phi) is 2.19. The third kappa shape index (κ3) is 2.09. The Hall–Kier alpha value is -0.340. The lowest BCUT2D eigenvalue weighted by Crippen LogP contribution is -2.08. The van der Waals surface area contributed by atoms with Gasteiger partial charge < -0.3 is 0 Å². The fourth-order valence-corrected chi connectivity index (χ4v) is 0.174. The van der Waals surface area contributed by atoms with Crippen LogP contribution < -0.4 is 0 Å². The summed E-state index contributed by atoms with van der Waals surface area (Å²) in [6.07, 6.45) is -4.29. The number of hydrogen-bond acceptors (Lipinski definition) is 1. The van der Waals surface area contributed by atoms with Gasteiger partial charge in [0.15, 0.2) is 0 Å². The average molecular weight is 140 g/mol. The lowest BCUT2D eigenvalue weighted by atomic mass is 10.3. The number of rotatable bonds is 0. The highest BCUT2D eigenvalue weighted by molar-refractivity contribution is 7.78. The van der Waals surface area contributed by atoms with Crippen molar-refractivity contribution in [1.29, 1.82) is 0 Å². The summed E-state index contributed by atoms with van der Waals surface area (Å²) in [5.41, 5.74) is -0.854. The molecular formula is C4H3F3S. The molecule has 0 aliphatic rings. The number of alkyl halides is 3. The first-order chi connectivity index (χ1) is 3.48. The maximum Gasteiger partial charge on any atom is 0.420 e. The molecule has 0 bridgehead atoms. The van der Waals surface area contributed by atoms with E-state index in [9.17, 15) is 13.2 Å². The Balaban J connectivity index is 4.26. The van der Waals surface area contributed by atoms with E-state index in [1.807, 2.05) is 0 Å². The fourth-order valence-electron chi connectivity index (χ4n) is 0.0579. The molecule has 0 spiro atoms. The summed E-state index contributed by atoms with van der Waals surface area (Å²) in [5.74, 6) is 0. The van der Waals surface area contributed by atoms with E-state index >= 15 is 0 Å². The minimum atomic E-state index is -4.29. The second-order valence-electron chi connectivity index (χ2n) is 1.22. The molecule has 0 saturated heterocycles. The molecule has 0 saturated carbocycles. The number of halogens is 3. The van der Waals surface area contributed by atoms with E-state index in [2.05, 4.69) is 12.2 Å². The van der Waals surface area contributed by atoms with Crippen LogP contribution >= 0.6 is 12.2 Å². The molecule has 0 nitrogen and oxygen atoms in total. The molecule has 0 aromatic rings. The summed E-state index contributed by atoms with van der Waals surface area (Å²) < 4.78 is 33.8. The molecule has 0 N–H and O–H groups in total. The minimum Gasteiger partial charge on any atom is -0.166 e. The van der Waals surface area contributed by atoms with Gasteiger partial charge in [-0.3, -0.25) is 0 Å². The first-order valence-electron chi connectivity index (χ1n) is 1.77. The van der Waals surface area contributed by atoms with Crippen molar-refractivity contribution in [1.82, 2.24) is 0 Å². The molecule has 0 atom stereocenters. The molecule has 0 amide bonds. The maximum atomic E-state index is 11.3. The number of allylic oxidation sites excluding steroid dienone is 1. The summed E-state index contributed by atoms with van der Waals surface area (Å²) in [7, 11) is 0. The van der Waals surface area contributed by atoms with E-state index in [1.54, 1.807) is 5.02 Å². The van der Waals surface area contributed by atoms with Crippen LogP contribution in [0, 0.1) is 0 Å². The largest absolute Gasteiger partial charge is 0.420 e. The predicted molar refractivity (Wildman–Crippen MR) is 27.8 cm³/mol. The Labute approximate surface area is 50.0 Å². The van der Waals surface area contributed by atoms with Gasteiger partial charge in [0, 0.05) is 0 Å². The second kappa shape index (κ2) is 2.29. The highest BCUT2D eigenvalue weighted by atomic mass is 32.1. The van der Waals surface area contributed by atoms with Gasteiger partial charge in [-0.1, -0.05) is 0 Å². The van der Waals surface area contributed by atoms with Crippen LogP contribution in [0.1, 0.15) is 6.92 Å². The van der Waals surface area contributed by atoms with Gasteiger partial charge in [-0.2, -0.15) is 13.2 Å². The van der Waals surface area contributed by atoms with Gasteiger partial charge >= 0.3 is 6.18 Å². The molecule has 0 radical (unpaired) electrons. The molecule has 0 unspecified atom stereocenters. The molecule has 0 aliphatic carbocycles. The van der Waals surface area contributed by atoms with Gasteiger partial charge in [0.1, 0.15) is 0 Å². The fraction of sp³-hybridized carbons (Fsp3) is 0.500. The van der Waals surface area contributed by atoms with E-state index < -0.39 is 11.7 Å². The van der Waals surface area contributed by atoms with Crippen molar-refractivity contribution in [2.24, 2.45) is 0 Å². The first kappa shape index (κ1) is 7.66. The van der Waals surface area contributed by atoms with Gasteiger partial charge in [0.05, 0.1) is 5.57 Å². The standard InChI is InChI=1S/C4H3F3S/c1-3(2-8)4(5,6)7/h1H3. The lowest BCUT2D eigenvalue weighted by Gasteiger charge is -2.00. The lowest BCUT2D eigenvalue weighted by molar-refractivity contribution is -0.0896. The van der Waals surface area contributed by atoms with Crippen LogP contribution in [-0.2, 0) is 0 Å². The highest BCUT2D eigenvalue weighted by Crippen LogP contribution is 2.22. The smallest absolute Gasteiger partial charge is 0.166 e. The summed E-state index contributed by atoms with van der Waals surface area (Å²) in [5, 5.41) is 1.58. The Morgan fingerprint density at radius 1 is 1.50 bits per heavy atom. The minimum absolute atomic E-state index is 0.854. The Morgan fingerprint density at radius 3 is 1.88 bits per heavy atom. The summed E-state index contributed by atoms with van der Waals surface area (Å²) in [4.78, 5) is 0. The van der Waals surface area contributed by atoms with Crippen LogP contribution in [0.4, 0.5) is 13.2 Å². The van der Waals surface area contributed by atoms with Crippen molar-refractivity contribution in [3.8, 4) is 0 Å². The van der Waals surface area contributed by atoms with Crippen LogP contribution in [0.2, 0.25) is 0 Å². The third-order valence-electron chi connectivity index (χ3n) is 0.578. The average Bonchev–Trinajstić information content (AvgIpc) is 1.62. The summed E-state index contributed by atoms with van der Waals surface area (Å²) in [6, 6.07) is 0. The monoisotopic (exact) mass is 140 g/mol. The second-order valence-corrected chi connectivity index (χ2v) is 1.43. The normalized spacial score (nSPS) is 10.5. The van der Waals surface area contributed by atoms with E-state index in [0.29, 0.717) is 0 Å². The van der Waals surface area contributed by atoms with Crippen LogP contribution in [0.3, 0.4) is 0 Å². The van der Waals surface area contributed by atoms with E-state index in [0.717, 1.165) is 6.92 Å². The van der Waals surface area contributed by atoms with Crippen molar-refractivity contribution in [3.63, 3.8) is 0 Å². The zero-order valence-electron chi connectivity index (χ0n) is 4.04. The topological polar surface area (TPSA) is 0 Å². The van der Waals surface area contributed by atoms with E-state index in [-0.39, 0.29) is 0 Å². The van der Waals surface area contributed by atoms with Crippen LogP contribution in [-0.4, -0.2) is 11.2 Å². The van der Waals surface area contributed by atoms with E-state index in [1.165, 1.54) is 0 Å². The van der Waals surface area contributed by atoms with Crippen LogP contribution in [0.15, 0.2) is 5.57 Å². The highest BCUT2D eigenvalue weighted by Gasteiger charge is 2.29. The number of hydrogen-bond donors (Lipinski definition) is 0. The quantitative estimate of drug-likeness (QED) is 0.464. The molecule has 4 heteroatoms. The Morgan fingerprint density at radius 2 is 1.88 bits per heavy atom. The molecule has 0 rings (SSSR count). The van der Waals surface area contributed by atoms with Crippen molar-refractivity contribution in [2.75, 3.05) is 0 Å². The van der Waals surface area contributed by atoms with Gasteiger partial charge in [-0.25, -0.2) is 0 Å². The molecular weight excluding hydrogens is 137 g/mol. The summed E-state index contributed by atoms with van der Waals surface area (Å²) in [6.45, 7) is 0.882. The van der Waals surface area contributed by atoms with Gasteiger partial charge in [-0.15, -0.1) is 0 Å². The van der Waals surface area contributed by atoms with Crippen molar-refractivity contribution >= 4 is 17.2 Å². The van der Waals surface area contributed by atoms with Crippen molar-refractivity contribution < 1.29 is 13.2 Å². The molecule has 0 fully saturated rings. The molecule has 0 aromatic heterocycles. The van der Waals surface area contributed by atoms with Crippen LogP contribution in [0.25, 0.3) is 0 Å². The third-order valence-corrected chi connectivity index (χ3v) is 0.884. The zero-order valence-corrected chi connectivity index (χ0v) is 4.86. The maximum absolute atomic E-state index is 11.3. The SMILES string of the molecule is CC(=C=S)C(F)(F)F. The molecule has 0 aliphatic heterocycles. The molecule has 0 heterocycles. The molecule has 0 aromatic carbocycles. The molecule has 46 valence electrons. The zero-order chi connectivity index (χ0) is 6.78. The van der Waals surface area contributed by atoms with Crippen LogP contribution in [0.5, 0.6) is 0 Å².